The highest BCUT2D eigenvalue weighted by Gasteiger charge is 2.20. The normalized spacial score (nSPS) is 11.1. The van der Waals surface area contributed by atoms with E-state index >= 15 is 0 Å². The van der Waals surface area contributed by atoms with Gasteiger partial charge in [0.2, 0.25) is 5.88 Å². The lowest BCUT2D eigenvalue weighted by Gasteiger charge is -2.07. The first-order valence-corrected chi connectivity index (χ1v) is 6.00. The van der Waals surface area contributed by atoms with Crippen LogP contribution < -0.4 is 5.73 Å². The molecule has 1 heterocycles. The molecule has 0 radical (unpaired) electrons. The Morgan fingerprint density at radius 2 is 2.12 bits per heavy atom. The van der Waals surface area contributed by atoms with Crippen molar-refractivity contribution in [3.63, 3.8) is 0 Å². The zero-order valence-electron chi connectivity index (χ0n) is 9.50. The van der Waals surface area contributed by atoms with Gasteiger partial charge < -0.3 is 10.3 Å². The average Bonchev–Trinajstić information content (AvgIpc) is 2.60. The summed E-state index contributed by atoms with van der Waals surface area (Å²) in [6, 6.07) is 4.43. The van der Waals surface area contributed by atoms with E-state index in [4.69, 9.17) is 10.3 Å². The number of hydrogen-bond donors (Lipinski definition) is 1. The van der Waals surface area contributed by atoms with Gasteiger partial charge in [0.15, 0.2) is 0 Å². The average molecular weight is 299 g/mol. The quantitative estimate of drug-likeness (QED) is 0.913. The van der Waals surface area contributed by atoms with E-state index in [0.29, 0.717) is 16.1 Å². The molecular weight excluding hydrogens is 287 g/mol. The van der Waals surface area contributed by atoms with Crippen molar-refractivity contribution in [2.75, 3.05) is 5.73 Å². The summed E-state index contributed by atoms with van der Waals surface area (Å²) in [5, 5.41) is 3.95. The second-order valence-corrected chi connectivity index (χ2v) is 4.94. The van der Waals surface area contributed by atoms with Crippen molar-refractivity contribution in [3.05, 3.63) is 34.1 Å². The SMILES string of the molecule is CC(C)c1c(-c2ccc(F)cc2Br)noc1N. The number of nitrogen functional groups attached to an aromatic ring is 1. The number of nitrogens with zero attached hydrogens (tertiary/aromatic N) is 1. The molecule has 1 aromatic heterocycles. The van der Waals surface area contributed by atoms with Gasteiger partial charge in [-0.25, -0.2) is 4.39 Å². The van der Waals surface area contributed by atoms with E-state index in [1.165, 1.54) is 12.1 Å². The zero-order valence-corrected chi connectivity index (χ0v) is 11.1. The zero-order chi connectivity index (χ0) is 12.6. The lowest BCUT2D eigenvalue weighted by Crippen LogP contribution is -1.95. The molecule has 0 bridgehead atoms. The van der Waals surface area contributed by atoms with Crippen molar-refractivity contribution in [2.24, 2.45) is 0 Å². The van der Waals surface area contributed by atoms with Crippen molar-refractivity contribution in [1.82, 2.24) is 5.16 Å². The lowest BCUT2D eigenvalue weighted by atomic mass is 9.99. The topological polar surface area (TPSA) is 52.0 Å². The predicted octanol–water partition coefficient (Wildman–Crippen LogP) is 3.95. The molecule has 0 saturated carbocycles. The van der Waals surface area contributed by atoms with Crippen LogP contribution in [0.25, 0.3) is 11.3 Å². The van der Waals surface area contributed by atoms with Gasteiger partial charge in [0.1, 0.15) is 11.5 Å². The Kier molecular flexibility index (Phi) is 3.19. The highest BCUT2D eigenvalue weighted by molar-refractivity contribution is 9.10. The van der Waals surface area contributed by atoms with Gasteiger partial charge >= 0.3 is 0 Å². The van der Waals surface area contributed by atoms with Crippen molar-refractivity contribution in [3.8, 4) is 11.3 Å². The maximum Gasteiger partial charge on any atom is 0.226 e. The Morgan fingerprint density at radius 1 is 1.41 bits per heavy atom. The van der Waals surface area contributed by atoms with Crippen LogP contribution in [0.4, 0.5) is 10.3 Å². The summed E-state index contributed by atoms with van der Waals surface area (Å²) in [6.45, 7) is 4.01. The first-order valence-electron chi connectivity index (χ1n) is 5.21. The Bertz CT molecular complexity index is 551. The molecule has 0 aliphatic carbocycles. The first kappa shape index (κ1) is 12.1. The minimum atomic E-state index is -0.303. The molecule has 1 aromatic carbocycles. The number of halogens is 2. The van der Waals surface area contributed by atoms with Crippen LogP contribution in [0.1, 0.15) is 25.3 Å². The third-order valence-corrected chi connectivity index (χ3v) is 3.18. The Balaban J connectivity index is 2.61. The summed E-state index contributed by atoms with van der Waals surface area (Å²) in [4.78, 5) is 0. The van der Waals surface area contributed by atoms with E-state index in [1.54, 1.807) is 6.07 Å². The van der Waals surface area contributed by atoms with Crippen molar-refractivity contribution < 1.29 is 8.91 Å². The molecule has 2 rings (SSSR count). The predicted molar refractivity (Wildman–Crippen MR) is 68.1 cm³/mol. The van der Waals surface area contributed by atoms with E-state index in [-0.39, 0.29) is 11.7 Å². The molecule has 2 N–H and O–H groups in total. The van der Waals surface area contributed by atoms with Gasteiger partial charge in [0, 0.05) is 15.6 Å². The summed E-state index contributed by atoms with van der Waals surface area (Å²) >= 11 is 3.31. The minimum Gasteiger partial charge on any atom is -0.367 e. The number of rotatable bonds is 2. The molecule has 90 valence electrons. The van der Waals surface area contributed by atoms with Crippen LogP contribution >= 0.6 is 15.9 Å². The van der Waals surface area contributed by atoms with Crippen LogP contribution in [-0.2, 0) is 0 Å². The largest absolute Gasteiger partial charge is 0.367 e. The van der Waals surface area contributed by atoms with Crippen molar-refractivity contribution >= 4 is 21.8 Å². The lowest BCUT2D eigenvalue weighted by molar-refractivity contribution is 0.438. The van der Waals surface area contributed by atoms with Gasteiger partial charge in [-0.3, -0.25) is 0 Å². The van der Waals surface area contributed by atoms with Gasteiger partial charge in [0.05, 0.1) is 0 Å². The second kappa shape index (κ2) is 4.49. The third-order valence-electron chi connectivity index (χ3n) is 2.52. The molecule has 0 saturated heterocycles. The Morgan fingerprint density at radius 3 is 2.71 bits per heavy atom. The van der Waals surface area contributed by atoms with Crippen LogP contribution in [0, 0.1) is 5.82 Å². The maximum atomic E-state index is 13.0. The molecule has 2 aromatic rings. The van der Waals surface area contributed by atoms with E-state index < -0.39 is 0 Å². The van der Waals surface area contributed by atoms with Crippen LogP contribution in [0.2, 0.25) is 0 Å². The van der Waals surface area contributed by atoms with Gasteiger partial charge in [-0.2, -0.15) is 0 Å². The van der Waals surface area contributed by atoms with E-state index in [1.807, 2.05) is 13.8 Å². The number of benzene rings is 1. The molecular formula is C12H12BrFN2O. The van der Waals surface area contributed by atoms with E-state index in [2.05, 4.69) is 21.1 Å². The molecule has 0 unspecified atom stereocenters. The molecule has 3 nitrogen and oxygen atoms in total. The number of aromatic nitrogens is 1. The smallest absolute Gasteiger partial charge is 0.226 e. The third kappa shape index (κ3) is 2.20. The van der Waals surface area contributed by atoms with Gasteiger partial charge in [-0.15, -0.1) is 0 Å². The molecule has 0 amide bonds. The van der Waals surface area contributed by atoms with Crippen LogP contribution in [0.15, 0.2) is 27.2 Å². The van der Waals surface area contributed by atoms with Gasteiger partial charge in [0.25, 0.3) is 0 Å². The summed E-state index contributed by atoms with van der Waals surface area (Å²) in [7, 11) is 0. The Labute approximate surface area is 107 Å². The monoisotopic (exact) mass is 298 g/mol. The number of hydrogen-bond acceptors (Lipinski definition) is 3. The molecule has 17 heavy (non-hydrogen) atoms. The summed E-state index contributed by atoms with van der Waals surface area (Å²) < 4.78 is 18.7. The molecule has 0 aliphatic heterocycles. The van der Waals surface area contributed by atoms with E-state index in [0.717, 1.165) is 11.1 Å². The molecule has 0 atom stereocenters. The minimum absolute atomic E-state index is 0.188. The van der Waals surface area contributed by atoms with Crippen molar-refractivity contribution in [2.45, 2.75) is 19.8 Å². The highest BCUT2D eigenvalue weighted by Crippen LogP contribution is 2.36. The number of nitrogens with two attached hydrogens (primary N) is 1. The highest BCUT2D eigenvalue weighted by atomic mass is 79.9. The maximum absolute atomic E-state index is 13.0. The summed E-state index contributed by atoms with van der Waals surface area (Å²) in [5.74, 6) is 0.197. The molecule has 5 heteroatoms. The number of anilines is 1. The van der Waals surface area contributed by atoms with Crippen molar-refractivity contribution in [1.29, 1.82) is 0 Å². The molecule has 0 spiro atoms. The van der Waals surface area contributed by atoms with E-state index in [9.17, 15) is 4.39 Å². The van der Waals surface area contributed by atoms with Crippen LogP contribution in [0.5, 0.6) is 0 Å². The second-order valence-electron chi connectivity index (χ2n) is 4.09. The van der Waals surface area contributed by atoms with Gasteiger partial charge in [-0.1, -0.05) is 19.0 Å². The molecule has 0 fully saturated rings. The molecule has 0 aliphatic rings. The Hall–Kier alpha value is -1.36. The summed E-state index contributed by atoms with van der Waals surface area (Å²) in [6.07, 6.45) is 0. The van der Waals surface area contributed by atoms with Gasteiger partial charge in [-0.05, 0) is 40.0 Å². The summed E-state index contributed by atoms with van der Waals surface area (Å²) in [5.41, 5.74) is 8.02. The fourth-order valence-electron chi connectivity index (χ4n) is 1.74. The van der Waals surface area contributed by atoms with Crippen LogP contribution in [0.3, 0.4) is 0 Å². The van der Waals surface area contributed by atoms with Crippen LogP contribution in [-0.4, -0.2) is 5.16 Å². The fourth-order valence-corrected chi connectivity index (χ4v) is 2.28. The first-order chi connectivity index (χ1) is 8.00. The standard InChI is InChI=1S/C12H12BrFN2O/c1-6(2)10-11(16-17-12(10)15)8-4-3-7(14)5-9(8)13/h3-6H,15H2,1-2H3. The fraction of sp³-hybridized carbons (Fsp3) is 0.250.